The zero-order valence-electron chi connectivity index (χ0n) is 10.3. The van der Waals surface area contributed by atoms with E-state index < -0.39 is 0 Å². The van der Waals surface area contributed by atoms with E-state index in [4.69, 9.17) is 4.42 Å². The van der Waals surface area contributed by atoms with Crippen LogP contribution in [0.25, 0.3) is 0 Å². The van der Waals surface area contributed by atoms with Gasteiger partial charge in [-0.1, -0.05) is 33.6 Å². The van der Waals surface area contributed by atoms with Crippen molar-refractivity contribution in [3.8, 4) is 0 Å². The molecule has 1 N–H and O–H groups in total. The topological polar surface area (TPSA) is 25.2 Å². The summed E-state index contributed by atoms with van der Waals surface area (Å²) in [7, 11) is 0. The first-order valence-corrected chi connectivity index (χ1v) is 6.01. The molecule has 15 heavy (non-hydrogen) atoms. The second kappa shape index (κ2) is 5.96. The molecule has 1 aromatic rings. The van der Waals surface area contributed by atoms with Crippen LogP contribution in [0.1, 0.15) is 51.0 Å². The molecule has 0 fully saturated rings. The summed E-state index contributed by atoms with van der Waals surface area (Å²) in [5.41, 5.74) is 1.29. The van der Waals surface area contributed by atoms with Gasteiger partial charge in [-0.05, 0) is 25.5 Å². The minimum atomic E-state index is 0.447. The smallest absolute Gasteiger partial charge is 0.101 e. The van der Waals surface area contributed by atoms with Gasteiger partial charge in [0.2, 0.25) is 0 Å². The molecule has 1 unspecified atom stereocenters. The third-order valence-electron chi connectivity index (χ3n) is 3.05. The van der Waals surface area contributed by atoms with E-state index in [1.165, 1.54) is 18.4 Å². The third kappa shape index (κ3) is 3.10. The zero-order valence-corrected chi connectivity index (χ0v) is 10.3. The van der Waals surface area contributed by atoms with Gasteiger partial charge in [0.25, 0.3) is 0 Å². The molecule has 0 saturated carbocycles. The van der Waals surface area contributed by atoms with Crippen molar-refractivity contribution in [2.24, 2.45) is 5.92 Å². The van der Waals surface area contributed by atoms with Crippen molar-refractivity contribution in [3.63, 3.8) is 0 Å². The Morgan fingerprint density at radius 2 is 1.93 bits per heavy atom. The number of hydrogen-bond donors (Lipinski definition) is 1. The van der Waals surface area contributed by atoms with Gasteiger partial charge in [0.05, 0.1) is 6.26 Å². The first-order valence-electron chi connectivity index (χ1n) is 6.01. The SMILES string of the molecule is CCNC(c1coc(C)c1)C(CC)CC. The molecular weight excluding hydrogens is 186 g/mol. The van der Waals surface area contributed by atoms with Crippen molar-refractivity contribution in [1.82, 2.24) is 5.32 Å². The van der Waals surface area contributed by atoms with Crippen LogP contribution in [-0.2, 0) is 0 Å². The molecule has 1 atom stereocenters. The Labute approximate surface area is 93.1 Å². The van der Waals surface area contributed by atoms with Gasteiger partial charge in [0.15, 0.2) is 0 Å². The van der Waals surface area contributed by atoms with Crippen molar-refractivity contribution in [3.05, 3.63) is 23.7 Å². The first-order chi connectivity index (χ1) is 7.22. The molecule has 0 amide bonds. The lowest BCUT2D eigenvalue weighted by molar-refractivity contribution is 0.344. The lowest BCUT2D eigenvalue weighted by atomic mass is 9.90. The summed E-state index contributed by atoms with van der Waals surface area (Å²) in [4.78, 5) is 0. The summed E-state index contributed by atoms with van der Waals surface area (Å²) in [6.07, 6.45) is 4.30. The minimum absolute atomic E-state index is 0.447. The fraction of sp³-hybridized carbons (Fsp3) is 0.692. The van der Waals surface area contributed by atoms with Crippen molar-refractivity contribution < 1.29 is 4.42 Å². The molecule has 1 rings (SSSR count). The number of furan rings is 1. The molecule has 0 radical (unpaired) electrons. The van der Waals surface area contributed by atoms with Crippen LogP contribution < -0.4 is 5.32 Å². The van der Waals surface area contributed by atoms with Gasteiger partial charge in [-0.15, -0.1) is 0 Å². The van der Waals surface area contributed by atoms with E-state index in [0.717, 1.165) is 12.3 Å². The Hall–Kier alpha value is -0.760. The molecule has 0 aliphatic rings. The highest BCUT2D eigenvalue weighted by molar-refractivity contribution is 5.17. The van der Waals surface area contributed by atoms with Crippen LogP contribution in [0.15, 0.2) is 16.7 Å². The predicted molar refractivity (Wildman–Crippen MR) is 63.9 cm³/mol. The molecule has 86 valence electrons. The minimum Gasteiger partial charge on any atom is -0.469 e. The van der Waals surface area contributed by atoms with E-state index in [1.54, 1.807) is 0 Å². The molecule has 0 saturated heterocycles. The Bertz CT molecular complexity index is 276. The number of hydrogen-bond acceptors (Lipinski definition) is 2. The van der Waals surface area contributed by atoms with Crippen LogP contribution in [0.4, 0.5) is 0 Å². The van der Waals surface area contributed by atoms with Gasteiger partial charge in [-0.3, -0.25) is 0 Å². The summed E-state index contributed by atoms with van der Waals surface area (Å²) in [6.45, 7) is 9.67. The van der Waals surface area contributed by atoms with Gasteiger partial charge in [0.1, 0.15) is 5.76 Å². The first kappa shape index (κ1) is 12.3. The average Bonchev–Trinajstić information content (AvgIpc) is 2.65. The lowest BCUT2D eigenvalue weighted by Crippen LogP contribution is -2.27. The molecule has 0 aliphatic heterocycles. The van der Waals surface area contributed by atoms with Crippen LogP contribution in [0.5, 0.6) is 0 Å². The Kier molecular flexibility index (Phi) is 4.89. The third-order valence-corrected chi connectivity index (χ3v) is 3.05. The monoisotopic (exact) mass is 209 g/mol. The normalized spacial score (nSPS) is 13.4. The van der Waals surface area contributed by atoms with E-state index in [-0.39, 0.29) is 0 Å². The van der Waals surface area contributed by atoms with Gasteiger partial charge in [0, 0.05) is 11.6 Å². The fourth-order valence-corrected chi connectivity index (χ4v) is 2.16. The van der Waals surface area contributed by atoms with Crippen LogP contribution in [-0.4, -0.2) is 6.54 Å². The predicted octanol–water partition coefficient (Wildman–Crippen LogP) is 3.67. The molecule has 1 aromatic heterocycles. The molecule has 0 aliphatic carbocycles. The van der Waals surface area contributed by atoms with Crippen LogP contribution in [0.2, 0.25) is 0 Å². The Balaban J connectivity index is 2.81. The summed E-state index contributed by atoms with van der Waals surface area (Å²) in [5, 5.41) is 3.55. The average molecular weight is 209 g/mol. The van der Waals surface area contributed by atoms with E-state index in [1.807, 2.05) is 13.2 Å². The molecule has 0 spiro atoms. The Morgan fingerprint density at radius 3 is 2.33 bits per heavy atom. The number of rotatable bonds is 6. The standard InChI is InChI=1S/C13H23NO/c1-5-11(6-2)13(14-7-3)12-8-10(4)15-9-12/h8-9,11,13-14H,5-7H2,1-4H3. The van der Waals surface area contributed by atoms with Gasteiger partial charge < -0.3 is 9.73 Å². The second-order valence-electron chi connectivity index (χ2n) is 4.10. The molecule has 2 heteroatoms. The van der Waals surface area contributed by atoms with E-state index in [0.29, 0.717) is 12.0 Å². The maximum absolute atomic E-state index is 5.39. The summed E-state index contributed by atoms with van der Waals surface area (Å²) in [6, 6.07) is 2.59. The summed E-state index contributed by atoms with van der Waals surface area (Å²) < 4.78 is 5.39. The van der Waals surface area contributed by atoms with Crippen molar-refractivity contribution in [2.45, 2.75) is 46.6 Å². The highest BCUT2D eigenvalue weighted by Crippen LogP contribution is 2.28. The van der Waals surface area contributed by atoms with Gasteiger partial charge in [-0.25, -0.2) is 0 Å². The van der Waals surface area contributed by atoms with Crippen LogP contribution in [0.3, 0.4) is 0 Å². The van der Waals surface area contributed by atoms with E-state index in [9.17, 15) is 0 Å². The van der Waals surface area contributed by atoms with Crippen LogP contribution in [0, 0.1) is 12.8 Å². The van der Waals surface area contributed by atoms with E-state index >= 15 is 0 Å². The van der Waals surface area contributed by atoms with Crippen molar-refractivity contribution >= 4 is 0 Å². The molecular formula is C13H23NO. The summed E-state index contributed by atoms with van der Waals surface area (Å²) >= 11 is 0. The van der Waals surface area contributed by atoms with Gasteiger partial charge >= 0.3 is 0 Å². The largest absolute Gasteiger partial charge is 0.469 e. The van der Waals surface area contributed by atoms with Crippen molar-refractivity contribution in [2.75, 3.05) is 6.54 Å². The highest BCUT2D eigenvalue weighted by atomic mass is 16.3. The van der Waals surface area contributed by atoms with Crippen molar-refractivity contribution in [1.29, 1.82) is 0 Å². The lowest BCUT2D eigenvalue weighted by Gasteiger charge is -2.25. The molecule has 0 aromatic carbocycles. The number of aryl methyl sites for hydroxylation is 1. The molecule has 0 bridgehead atoms. The maximum Gasteiger partial charge on any atom is 0.101 e. The molecule has 1 heterocycles. The van der Waals surface area contributed by atoms with Crippen LogP contribution >= 0.6 is 0 Å². The highest BCUT2D eigenvalue weighted by Gasteiger charge is 2.20. The zero-order chi connectivity index (χ0) is 11.3. The number of nitrogens with one attached hydrogen (secondary N) is 1. The summed E-state index contributed by atoms with van der Waals surface area (Å²) in [5.74, 6) is 1.70. The Morgan fingerprint density at radius 1 is 1.27 bits per heavy atom. The van der Waals surface area contributed by atoms with E-state index in [2.05, 4.69) is 32.2 Å². The maximum atomic E-state index is 5.39. The quantitative estimate of drug-likeness (QED) is 0.773. The van der Waals surface area contributed by atoms with Gasteiger partial charge in [-0.2, -0.15) is 0 Å². The fourth-order valence-electron chi connectivity index (χ4n) is 2.16. The second-order valence-corrected chi connectivity index (χ2v) is 4.10. The molecule has 2 nitrogen and oxygen atoms in total.